The lowest BCUT2D eigenvalue weighted by molar-refractivity contribution is -0.0987. The van der Waals surface area contributed by atoms with Gasteiger partial charge in [-0.15, -0.1) is 0 Å². The molecule has 9 heteroatoms. The molecule has 2 N–H and O–H groups in total. The summed E-state index contributed by atoms with van der Waals surface area (Å²) >= 11 is 0. The number of allylic oxidation sites excluding steroid dienone is 1. The molecule has 0 saturated carbocycles. The van der Waals surface area contributed by atoms with E-state index in [1.165, 1.54) is 11.1 Å². The van der Waals surface area contributed by atoms with Crippen molar-refractivity contribution in [1.29, 1.82) is 0 Å². The van der Waals surface area contributed by atoms with Gasteiger partial charge in [-0.05, 0) is 68.1 Å². The van der Waals surface area contributed by atoms with Crippen molar-refractivity contribution in [3.8, 4) is 11.5 Å². The van der Waals surface area contributed by atoms with Crippen molar-refractivity contribution >= 4 is 19.5 Å². The SMILES string of the molecule is C=C(CCc1ccc(Cn2cccn2)cc1OCCNC(=O)c1cccc(OC)c1)NC.C=O.C=O.Cc1cccc(C)c1. The van der Waals surface area contributed by atoms with Gasteiger partial charge >= 0.3 is 0 Å². The molecule has 0 unspecified atom stereocenters. The number of methoxy groups -OCH3 is 1. The Bertz CT molecular complexity index is 1390. The predicted molar refractivity (Wildman–Crippen MR) is 175 cm³/mol. The summed E-state index contributed by atoms with van der Waals surface area (Å²) in [5.74, 6) is 1.30. The second-order valence-electron chi connectivity index (χ2n) is 9.49. The average Bonchev–Trinajstić information content (AvgIpc) is 3.57. The summed E-state index contributed by atoms with van der Waals surface area (Å²) in [6.07, 6.45) is 5.32. The molecule has 1 heterocycles. The van der Waals surface area contributed by atoms with Gasteiger partial charge in [0.15, 0.2) is 0 Å². The topological polar surface area (TPSA) is 112 Å². The summed E-state index contributed by atoms with van der Waals surface area (Å²) in [6, 6.07) is 23.6. The van der Waals surface area contributed by atoms with Crippen LogP contribution in [0.5, 0.6) is 11.5 Å². The van der Waals surface area contributed by atoms with Gasteiger partial charge in [0.2, 0.25) is 0 Å². The molecule has 4 rings (SSSR count). The zero-order chi connectivity index (χ0) is 32.7. The van der Waals surface area contributed by atoms with Gasteiger partial charge in [-0.2, -0.15) is 5.10 Å². The van der Waals surface area contributed by atoms with Crippen molar-refractivity contribution in [1.82, 2.24) is 20.4 Å². The minimum Gasteiger partial charge on any atom is -0.497 e. The number of nitrogens with zero attached hydrogens (tertiary/aromatic N) is 2. The van der Waals surface area contributed by atoms with Crippen LogP contribution in [-0.4, -0.2) is 56.6 Å². The number of ether oxygens (including phenoxy) is 2. The molecule has 0 radical (unpaired) electrons. The Labute approximate surface area is 260 Å². The van der Waals surface area contributed by atoms with Crippen LogP contribution in [0.1, 0.15) is 39.0 Å². The van der Waals surface area contributed by atoms with Crippen LogP contribution in [0.25, 0.3) is 0 Å². The van der Waals surface area contributed by atoms with Crippen LogP contribution in [-0.2, 0) is 22.6 Å². The van der Waals surface area contributed by atoms with Gasteiger partial charge in [-0.3, -0.25) is 9.48 Å². The molecule has 0 fully saturated rings. The summed E-state index contributed by atoms with van der Waals surface area (Å²) in [6.45, 7) is 13.6. The molecule has 0 atom stereocenters. The highest BCUT2D eigenvalue weighted by atomic mass is 16.5. The Morgan fingerprint density at radius 2 is 1.64 bits per heavy atom. The first kappa shape index (κ1) is 36.8. The Morgan fingerprint density at radius 3 is 2.23 bits per heavy atom. The van der Waals surface area contributed by atoms with Crippen molar-refractivity contribution in [2.24, 2.45) is 0 Å². The third-order valence-corrected chi connectivity index (χ3v) is 6.24. The number of aryl methyl sites for hydroxylation is 3. The van der Waals surface area contributed by atoms with Crippen molar-refractivity contribution < 1.29 is 23.9 Å². The van der Waals surface area contributed by atoms with E-state index in [9.17, 15) is 4.79 Å². The monoisotopic (exact) mass is 600 g/mol. The lowest BCUT2D eigenvalue weighted by Gasteiger charge is -2.15. The standard InChI is InChI=1S/C25H30N4O3.C8H10.2CH2O/c1-19(26-2)8-10-21-11-9-20(18-29-14-5-12-28-29)16-24(21)32-15-13-27-25(30)22-6-4-7-23(17-22)31-3;1-7-4-3-5-8(2)6-7;2*1-2/h4-7,9,11-12,14,16-17,26H,1,8,10,13,15,18H2,2-3H3,(H,27,30);3-6H,1-2H3;2*1H2. The number of hydrogen-bond donors (Lipinski definition) is 2. The van der Waals surface area contributed by atoms with E-state index in [2.05, 4.69) is 72.6 Å². The molecule has 3 aromatic carbocycles. The highest BCUT2D eigenvalue weighted by Crippen LogP contribution is 2.23. The molecule has 4 aromatic rings. The van der Waals surface area contributed by atoms with E-state index in [1.54, 1.807) is 37.6 Å². The second-order valence-corrected chi connectivity index (χ2v) is 9.49. The maximum Gasteiger partial charge on any atom is 0.251 e. The Morgan fingerprint density at radius 1 is 0.932 bits per heavy atom. The molecule has 1 amide bonds. The van der Waals surface area contributed by atoms with Gasteiger partial charge in [0.25, 0.3) is 5.91 Å². The lowest BCUT2D eigenvalue weighted by atomic mass is 10.0. The van der Waals surface area contributed by atoms with Gasteiger partial charge in [0.1, 0.15) is 31.7 Å². The van der Waals surface area contributed by atoms with E-state index < -0.39 is 0 Å². The molecule has 0 aliphatic heterocycles. The second kappa shape index (κ2) is 21.5. The summed E-state index contributed by atoms with van der Waals surface area (Å²) in [5, 5.41) is 10.2. The van der Waals surface area contributed by atoms with Gasteiger partial charge in [0.05, 0.1) is 20.2 Å². The molecular formula is C35H44N4O5. The largest absolute Gasteiger partial charge is 0.497 e. The Hall–Kier alpha value is -5.18. The number of benzene rings is 3. The minimum atomic E-state index is -0.162. The lowest BCUT2D eigenvalue weighted by Crippen LogP contribution is -2.28. The maximum atomic E-state index is 12.4. The predicted octanol–water partition coefficient (Wildman–Crippen LogP) is 5.35. The molecule has 9 nitrogen and oxygen atoms in total. The fourth-order valence-corrected chi connectivity index (χ4v) is 4.03. The number of nitrogens with one attached hydrogen (secondary N) is 2. The van der Waals surface area contributed by atoms with Crippen molar-refractivity contribution in [2.45, 2.75) is 33.2 Å². The summed E-state index contributed by atoms with van der Waals surface area (Å²) in [5.41, 5.74) is 6.40. The number of aromatic nitrogens is 2. The van der Waals surface area contributed by atoms with Crippen LogP contribution in [0.2, 0.25) is 0 Å². The van der Waals surface area contributed by atoms with E-state index in [0.29, 0.717) is 31.0 Å². The molecular weight excluding hydrogens is 556 g/mol. The first-order valence-corrected chi connectivity index (χ1v) is 14.0. The minimum absolute atomic E-state index is 0.162. The van der Waals surface area contributed by atoms with E-state index in [-0.39, 0.29) is 5.91 Å². The number of carbonyl (C=O) groups excluding carboxylic acids is 3. The van der Waals surface area contributed by atoms with E-state index >= 15 is 0 Å². The van der Waals surface area contributed by atoms with Crippen molar-refractivity contribution in [3.63, 3.8) is 0 Å². The molecule has 0 aliphatic rings. The van der Waals surface area contributed by atoms with Crippen LogP contribution in [0.4, 0.5) is 0 Å². The molecule has 0 bridgehead atoms. The van der Waals surface area contributed by atoms with Crippen molar-refractivity contribution in [2.75, 3.05) is 27.3 Å². The molecule has 234 valence electrons. The number of rotatable bonds is 12. The molecule has 0 aliphatic carbocycles. The van der Waals surface area contributed by atoms with Crippen LogP contribution in [0, 0.1) is 13.8 Å². The summed E-state index contributed by atoms with van der Waals surface area (Å²) in [7, 11) is 3.45. The third kappa shape index (κ3) is 13.7. The molecule has 44 heavy (non-hydrogen) atoms. The zero-order valence-corrected chi connectivity index (χ0v) is 26.2. The highest BCUT2D eigenvalue weighted by molar-refractivity contribution is 5.94. The zero-order valence-electron chi connectivity index (χ0n) is 26.2. The van der Waals surface area contributed by atoms with E-state index in [1.807, 2.05) is 43.6 Å². The van der Waals surface area contributed by atoms with Crippen molar-refractivity contribution in [3.05, 3.63) is 125 Å². The maximum absolute atomic E-state index is 12.4. The molecule has 0 spiro atoms. The first-order chi connectivity index (χ1) is 21.4. The Kier molecular flexibility index (Phi) is 18.0. The number of hydrogen-bond acceptors (Lipinski definition) is 7. The Balaban J connectivity index is 0.000000683. The smallest absolute Gasteiger partial charge is 0.251 e. The van der Waals surface area contributed by atoms with Gasteiger partial charge in [-0.1, -0.05) is 60.2 Å². The number of carbonyl (C=O) groups is 3. The summed E-state index contributed by atoms with van der Waals surface area (Å²) < 4.78 is 13.1. The van der Waals surface area contributed by atoms with Crippen LogP contribution >= 0.6 is 0 Å². The van der Waals surface area contributed by atoms with Crippen LogP contribution in [0.15, 0.2) is 97.5 Å². The first-order valence-electron chi connectivity index (χ1n) is 14.0. The third-order valence-electron chi connectivity index (χ3n) is 6.24. The fourth-order valence-electron chi connectivity index (χ4n) is 4.03. The molecule has 0 saturated heterocycles. The number of amides is 1. The van der Waals surface area contributed by atoms with Gasteiger partial charge in [0, 0.05) is 30.7 Å². The average molecular weight is 601 g/mol. The van der Waals surface area contributed by atoms with Gasteiger partial charge in [-0.25, -0.2) is 0 Å². The normalized spacial score (nSPS) is 9.45. The van der Waals surface area contributed by atoms with E-state index in [4.69, 9.17) is 19.1 Å². The fraction of sp³-hybridized carbons (Fsp3) is 0.257. The molecule has 1 aromatic heterocycles. The highest BCUT2D eigenvalue weighted by Gasteiger charge is 2.09. The van der Waals surface area contributed by atoms with Crippen LogP contribution < -0.4 is 20.1 Å². The van der Waals surface area contributed by atoms with E-state index in [0.717, 1.165) is 35.4 Å². The quantitative estimate of drug-likeness (QED) is 0.211. The van der Waals surface area contributed by atoms with Crippen LogP contribution in [0.3, 0.4) is 0 Å². The van der Waals surface area contributed by atoms with Gasteiger partial charge < -0.3 is 29.7 Å². The summed E-state index contributed by atoms with van der Waals surface area (Å²) in [4.78, 5) is 28.4.